The minimum Gasteiger partial charge on any atom is -0.368 e. The van der Waals surface area contributed by atoms with Gasteiger partial charge in [-0.1, -0.05) is 23.8 Å². The summed E-state index contributed by atoms with van der Waals surface area (Å²) in [5.41, 5.74) is 4.07. The van der Waals surface area contributed by atoms with Gasteiger partial charge in [0.1, 0.15) is 0 Å². The van der Waals surface area contributed by atoms with Gasteiger partial charge in [0.2, 0.25) is 0 Å². The van der Waals surface area contributed by atoms with Gasteiger partial charge in [0, 0.05) is 38.1 Å². The molecule has 0 saturated carbocycles. The summed E-state index contributed by atoms with van der Waals surface area (Å²) >= 11 is 1.65. The van der Waals surface area contributed by atoms with E-state index in [2.05, 4.69) is 41.1 Å². The molecule has 132 valence electrons. The average molecular weight is 363 g/mol. The third-order valence-electron chi connectivity index (χ3n) is 4.75. The number of carbonyl (C=O) groups excluding carboxylic acids is 1. The zero-order valence-corrected chi connectivity index (χ0v) is 15.6. The number of thiophene rings is 1. The van der Waals surface area contributed by atoms with Crippen molar-refractivity contribution in [2.24, 2.45) is 0 Å². The minimum absolute atomic E-state index is 0.0683. The second kappa shape index (κ2) is 7.30. The second-order valence-corrected chi connectivity index (χ2v) is 7.47. The van der Waals surface area contributed by atoms with Crippen LogP contribution in [0.3, 0.4) is 0 Å². The number of hydrogen-bond donors (Lipinski definition) is 0. The summed E-state index contributed by atoms with van der Waals surface area (Å²) in [7, 11) is 0. The monoisotopic (exact) mass is 363 g/mol. The number of amides is 1. The van der Waals surface area contributed by atoms with Crippen LogP contribution in [0.25, 0.3) is 10.6 Å². The van der Waals surface area contributed by atoms with Crippen LogP contribution < -0.4 is 4.90 Å². The van der Waals surface area contributed by atoms with Gasteiger partial charge in [0.05, 0.1) is 16.1 Å². The fourth-order valence-corrected chi connectivity index (χ4v) is 3.90. The van der Waals surface area contributed by atoms with Crippen LogP contribution in [-0.2, 0) is 0 Å². The van der Waals surface area contributed by atoms with Crippen LogP contribution >= 0.6 is 11.3 Å². The predicted molar refractivity (Wildman–Crippen MR) is 107 cm³/mol. The maximum atomic E-state index is 12.8. The fraction of sp³-hybridized carbons (Fsp3) is 0.238. The van der Waals surface area contributed by atoms with E-state index in [1.807, 2.05) is 34.5 Å². The molecule has 1 amide bonds. The zero-order valence-electron chi connectivity index (χ0n) is 14.8. The van der Waals surface area contributed by atoms with Crippen LogP contribution in [0.15, 0.2) is 60.1 Å². The molecule has 0 atom stereocenters. The maximum Gasteiger partial charge on any atom is 0.255 e. The number of anilines is 1. The molecule has 3 heterocycles. The summed E-state index contributed by atoms with van der Waals surface area (Å²) in [5.74, 6) is 0.0683. The van der Waals surface area contributed by atoms with Crippen LogP contribution in [0.5, 0.6) is 0 Å². The molecule has 0 bridgehead atoms. The van der Waals surface area contributed by atoms with Crippen molar-refractivity contribution in [3.63, 3.8) is 0 Å². The van der Waals surface area contributed by atoms with E-state index >= 15 is 0 Å². The lowest BCUT2D eigenvalue weighted by atomic mass is 10.1. The average Bonchev–Trinajstić information content (AvgIpc) is 3.23. The number of carbonyl (C=O) groups is 1. The van der Waals surface area contributed by atoms with E-state index in [-0.39, 0.29) is 5.91 Å². The molecule has 1 saturated heterocycles. The van der Waals surface area contributed by atoms with E-state index in [4.69, 9.17) is 0 Å². The first-order chi connectivity index (χ1) is 12.7. The molecule has 1 aromatic carbocycles. The van der Waals surface area contributed by atoms with Gasteiger partial charge in [-0.2, -0.15) is 0 Å². The molecule has 4 rings (SSSR count). The molecule has 3 aromatic rings. The van der Waals surface area contributed by atoms with Crippen molar-refractivity contribution in [1.29, 1.82) is 0 Å². The van der Waals surface area contributed by atoms with Crippen molar-refractivity contribution < 1.29 is 4.79 Å². The number of nitrogens with zero attached hydrogens (tertiary/aromatic N) is 3. The minimum atomic E-state index is 0.0683. The number of benzene rings is 1. The van der Waals surface area contributed by atoms with Crippen molar-refractivity contribution in [3.8, 4) is 10.6 Å². The van der Waals surface area contributed by atoms with Crippen molar-refractivity contribution in [2.75, 3.05) is 31.1 Å². The standard InChI is InChI=1S/C21H21N3OS/c1-16-4-7-18(8-5-16)23-10-12-24(13-11-23)21(25)17-6-9-19(22-15-17)20-3-2-14-26-20/h2-9,14-15H,10-13H2,1H3. The Kier molecular flexibility index (Phi) is 4.71. The Balaban J connectivity index is 1.39. The van der Waals surface area contributed by atoms with Gasteiger partial charge >= 0.3 is 0 Å². The van der Waals surface area contributed by atoms with E-state index in [1.165, 1.54) is 11.3 Å². The topological polar surface area (TPSA) is 36.4 Å². The van der Waals surface area contributed by atoms with Crippen molar-refractivity contribution in [1.82, 2.24) is 9.88 Å². The molecule has 1 fully saturated rings. The molecular formula is C21H21N3OS. The van der Waals surface area contributed by atoms with Crippen LogP contribution in [0.2, 0.25) is 0 Å². The van der Waals surface area contributed by atoms with Crippen LogP contribution in [0.4, 0.5) is 5.69 Å². The van der Waals surface area contributed by atoms with Crippen LogP contribution in [-0.4, -0.2) is 42.0 Å². The summed E-state index contributed by atoms with van der Waals surface area (Å²) < 4.78 is 0. The van der Waals surface area contributed by atoms with Crippen molar-refractivity contribution in [2.45, 2.75) is 6.92 Å². The molecule has 4 nitrogen and oxygen atoms in total. The highest BCUT2D eigenvalue weighted by molar-refractivity contribution is 7.13. The molecule has 26 heavy (non-hydrogen) atoms. The predicted octanol–water partition coefficient (Wildman–Crippen LogP) is 4.08. The number of rotatable bonds is 3. The smallest absolute Gasteiger partial charge is 0.255 e. The number of hydrogen-bond acceptors (Lipinski definition) is 4. The molecule has 1 aliphatic heterocycles. The number of pyridine rings is 1. The highest BCUT2D eigenvalue weighted by Crippen LogP contribution is 2.23. The van der Waals surface area contributed by atoms with E-state index in [0.29, 0.717) is 5.56 Å². The Hall–Kier alpha value is -2.66. The van der Waals surface area contributed by atoms with Crippen molar-refractivity contribution in [3.05, 3.63) is 71.2 Å². The molecular weight excluding hydrogens is 342 g/mol. The van der Waals surface area contributed by atoms with Gasteiger partial charge in [0.25, 0.3) is 5.91 Å². The van der Waals surface area contributed by atoms with E-state index in [0.717, 1.165) is 36.8 Å². The summed E-state index contributed by atoms with van der Waals surface area (Å²) in [6, 6.07) is 16.4. The molecule has 0 aliphatic carbocycles. The van der Waals surface area contributed by atoms with Gasteiger partial charge in [-0.25, -0.2) is 0 Å². The first-order valence-electron chi connectivity index (χ1n) is 8.81. The summed E-state index contributed by atoms with van der Waals surface area (Å²) in [4.78, 5) is 22.6. The Morgan fingerprint density at radius 1 is 1.00 bits per heavy atom. The lowest BCUT2D eigenvalue weighted by Gasteiger charge is -2.36. The summed E-state index contributed by atoms with van der Waals surface area (Å²) in [6.07, 6.45) is 1.70. The quantitative estimate of drug-likeness (QED) is 0.703. The lowest BCUT2D eigenvalue weighted by Crippen LogP contribution is -2.48. The lowest BCUT2D eigenvalue weighted by molar-refractivity contribution is 0.0746. The Morgan fingerprint density at radius 3 is 2.38 bits per heavy atom. The summed E-state index contributed by atoms with van der Waals surface area (Å²) in [6.45, 7) is 5.28. The van der Waals surface area contributed by atoms with Crippen LogP contribution in [0.1, 0.15) is 15.9 Å². The Bertz CT molecular complexity index is 865. The molecule has 2 aromatic heterocycles. The normalized spacial score (nSPS) is 14.5. The SMILES string of the molecule is Cc1ccc(N2CCN(C(=O)c3ccc(-c4cccs4)nc3)CC2)cc1. The van der Waals surface area contributed by atoms with Gasteiger partial charge < -0.3 is 9.80 Å². The highest BCUT2D eigenvalue weighted by atomic mass is 32.1. The number of aromatic nitrogens is 1. The third kappa shape index (κ3) is 3.48. The third-order valence-corrected chi connectivity index (χ3v) is 5.64. The molecule has 0 radical (unpaired) electrons. The first kappa shape index (κ1) is 16.8. The van der Waals surface area contributed by atoms with Gasteiger partial charge in [-0.05, 0) is 42.6 Å². The Morgan fingerprint density at radius 2 is 1.77 bits per heavy atom. The summed E-state index contributed by atoms with van der Waals surface area (Å²) in [5, 5.41) is 2.03. The number of aryl methyl sites for hydroxylation is 1. The van der Waals surface area contributed by atoms with E-state index < -0.39 is 0 Å². The van der Waals surface area contributed by atoms with Gasteiger partial charge in [-0.3, -0.25) is 9.78 Å². The fourth-order valence-electron chi connectivity index (χ4n) is 3.20. The van der Waals surface area contributed by atoms with E-state index in [9.17, 15) is 4.79 Å². The van der Waals surface area contributed by atoms with Gasteiger partial charge in [-0.15, -0.1) is 11.3 Å². The molecule has 0 N–H and O–H groups in total. The number of piperazine rings is 1. The molecule has 0 spiro atoms. The molecule has 1 aliphatic rings. The molecule has 5 heteroatoms. The van der Waals surface area contributed by atoms with Crippen molar-refractivity contribution >= 4 is 22.9 Å². The molecule has 0 unspecified atom stereocenters. The van der Waals surface area contributed by atoms with Crippen LogP contribution in [0, 0.1) is 6.92 Å². The highest BCUT2D eigenvalue weighted by Gasteiger charge is 2.22. The second-order valence-electron chi connectivity index (χ2n) is 6.52. The first-order valence-corrected chi connectivity index (χ1v) is 9.69. The Labute approximate surface area is 157 Å². The van der Waals surface area contributed by atoms with E-state index in [1.54, 1.807) is 17.5 Å². The maximum absolute atomic E-state index is 12.8. The zero-order chi connectivity index (χ0) is 17.9. The largest absolute Gasteiger partial charge is 0.368 e. The van der Waals surface area contributed by atoms with Gasteiger partial charge in [0.15, 0.2) is 0 Å².